The summed E-state index contributed by atoms with van der Waals surface area (Å²) in [6, 6.07) is 0.322. The summed E-state index contributed by atoms with van der Waals surface area (Å²) >= 11 is 11.4. The molecule has 7 heteroatoms. The Bertz CT molecular complexity index is 512. The van der Waals surface area contributed by atoms with Gasteiger partial charge in [0.2, 0.25) is 0 Å². The van der Waals surface area contributed by atoms with E-state index in [9.17, 15) is 9.59 Å². The van der Waals surface area contributed by atoms with Gasteiger partial charge in [0.25, 0.3) is 5.91 Å². The Labute approximate surface area is 120 Å². The third kappa shape index (κ3) is 4.08. The molecule has 0 spiro atoms. The van der Waals surface area contributed by atoms with Crippen molar-refractivity contribution < 1.29 is 14.7 Å². The number of carboxylic acids is 1. The van der Waals surface area contributed by atoms with Gasteiger partial charge in [-0.1, -0.05) is 44.0 Å². The highest BCUT2D eigenvalue weighted by atomic mass is 35.5. The number of pyridine rings is 1. The molecule has 1 atom stereocenters. The monoisotopic (exact) mass is 304 g/mol. The van der Waals surface area contributed by atoms with Crippen LogP contribution in [0.15, 0.2) is 12.3 Å². The van der Waals surface area contributed by atoms with E-state index in [1.54, 1.807) is 20.8 Å². The number of carbonyl (C=O) groups is 2. The van der Waals surface area contributed by atoms with E-state index in [1.807, 2.05) is 0 Å². The predicted molar refractivity (Wildman–Crippen MR) is 72.6 cm³/mol. The van der Waals surface area contributed by atoms with Crippen molar-refractivity contribution in [1.82, 2.24) is 10.3 Å². The average Bonchev–Trinajstić information content (AvgIpc) is 2.27. The minimum absolute atomic E-state index is 0.0869. The van der Waals surface area contributed by atoms with Gasteiger partial charge in [0.1, 0.15) is 11.2 Å². The molecule has 1 rings (SSSR count). The molecule has 1 amide bonds. The Kier molecular flexibility index (Phi) is 4.76. The average molecular weight is 305 g/mol. The van der Waals surface area contributed by atoms with E-state index in [2.05, 4.69) is 10.3 Å². The molecule has 0 saturated heterocycles. The topological polar surface area (TPSA) is 79.3 Å². The first-order valence-electron chi connectivity index (χ1n) is 5.47. The summed E-state index contributed by atoms with van der Waals surface area (Å²) in [4.78, 5) is 26.8. The van der Waals surface area contributed by atoms with Crippen LogP contribution in [0, 0.1) is 5.41 Å². The maximum absolute atomic E-state index is 12.0. The zero-order valence-corrected chi connectivity index (χ0v) is 12.2. The molecule has 0 aliphatic rings. The molecule has 0 aliphatic heterocycles. The molecule has 0 radical (unpaired) electrons. The molecule has 0 fully saturated rings. The molecule has 1 aromatic rings. The SMILES string of the molecule is CC(C)(C)C(NC(=O)c1cnc(Cl)c(Cl)c1)C(=O)O. The Morgan fingerprint density at radius 3 is 2.37 bits per heavy atom. The minimum atomic E-state index is -1.10. The lowest BCUT2D eigenvalue weighted by atomic mass is 9.86. The summed E-state index contributed by atoms with van der Waals surface area (Å²) < 4.78 is 0. The van der Waals surface area contributed by atoms with Crippen molar-refractivity contribution in [3.05, 3.63) is 28.0 Å². The lowest BCUT2D eigenvalue weighted by Gasteiger charge is -2.27. The number of carboxylic acid groups (broad SMARTS) is 1. The molecule has 5 nitrogen and oxygen atoms in total. The highest BCUT2D eigenvalue weighted by molar-refractivity contribution is 6.41. The largest absolute Gasteiger partial charge is 0.480 e. The second kappa shape index (κ2) is 5.75. The van der Waals surface area contributed by atoms with Gasteiger partial charge in [-0.2, -0.15) is 0 Å². The summed E-state index contributed by atoms with van der Waals surface area (Å²) in [6.45, 7) is 5.16. The Balaban J connectivity index is 2.94. The van der Waals surface area contributed by atoms with Crippen LogP contribution < -0.4 is 5.32 Å². The van der Waals surface area contributed by atoms with Crippen LogP contribution in [0.25, 0.3) is 0 Å². The highest BCUT2D eigenvalue weighted by Crippen LogP contribution is 2.22. The van der Waals surface area contributed by atoms with Crippen molar-refractivity contribution in [2.24, 2.45) is 5.41 Å². The summed E-state index contributed by atoms with van der Waals surface area (Å²) in [5.41, 5.74) is -0.463. The number of carbonyl (C=O) groups excluding carboxylic acids is 1. The number of aliphatic carboxylic acids is 1. The minimum Gasteiger partial charge on any atom is -0.480 e. The number of rotatable bonds is 3. The standard InChI is InChI=1S/C12H14Cl2N2O3/c1-12(2,3)8(11(18)19)16-10(17)6-4-7(13)9(14)15-5-6/h4-5,8H,1-3H3,(H,16,17)(H,18,19). The molecular formula is C12H14Cl2N2O3. The number of hydrogen-bond donors (Lipinski definition) is 2. The third-order valence-corrected chi connectivity index (χ3v) is 3.13. The van der Waals surface area contributed by atoms with E-state index in [0.29, 0.717) is 0 Å². The Morgan fingerprint density at radius 2 is 1.95 bits per heavy atom. The van der Waals surface area contributed by atoms with Crippen molar-refractivity contribution >= 4 is 35.1 Å². The van der Waals surface area contributed by atoms with Gasteiger partial charge in [0.05, 0.1) is 10.6 Å². The quantitative estimate of drug-likeness (QED) is 0.841. The van der Waals surface area contributed by atoms with Crippen LogP contribution in [0.4, 0.5) is 0 Å². The molecule has 0 aliphatic carbocycles. The van der Waals surface area contributed by atoms with E-state index in [0.717, 1.165) is 0 Å². The molecule has 0 bridgehead atoms. The second-order valence-electron chi connectivity index (χ2n) is 5.11. The number of aromatic nitrogens is 1. The fraction of sp³-hybridized carbons (Fsp3) is 0.417. The molecule has 1 heterocycles. The Morgan fingerprint density at radius 1 is 1.37 bits per heavy atom. The first kappa shape index (κ1) is 15.7. The van der Waals surface area contributed by atoms with Crippen molar-refractivity contribution in [2.75, 3.05) is 0 Å². The van der Waals surface area contributed by atoms with E-state index in [4.69, 9.17) is 28.3 Å². The maximum atomic E-state index is 12.0. The number of nitrogens with zero attached hydrogens (tertiary/aromatic N) is 1. The zero-order valence-electron chi connectivity index (χ0n) is 10.7. The summed E-state index contributed by atoms with van der Waals surface area (Å²) in [5, 5.41) is 11.8. The van der Waals surface area contributed by atoms with Gasteiger partial charge in [0.15, 0.2) is 0 Å². The van der Waals surface area contributed by atoms with Crippen LogP contribution in [0.3, 0.4) is 0 Å². The highest BCUT2D eigenvalue weighted by Gasteiger charge is 2.32. The number of nitrogens with one attached hydrogen (secondary N) is 1. The Hall–Kier alpha value is -1.33. The fourth-order valence-electron chi connectivity index (χ4n) is 1.41. The number of hydrogen-bond acceptors (Lipinski definition) is 3. The first-order chi connectivity index (χ1) is 8.62. The van der Waals surface area contributed by atoms with E-state index < -0.39 is 23.3 Å². The van der Waals surface area contributed by atoms with Gasteiger partial charge < -0.3 is 10.4 Å². The maximum Gasteiger partial charge on any atom is 0.326 e. The molecule has 0 aromatic carbocycles. The molecule has 19 heavy (non-hydrogen) atoms. The smallest absolute Gasteiger partial charge is 0.326 e. The van der Waals surface area contributed by atoms with Crippen molar-refractivity contribution in [1.29, 1.82) is 0 Å². The summed E-state index contributed by atoms with van der Waals surface area (Å²) in [7, 11) is 0. The van der Waals surface area contributed by atoms with Gasteiger partial charge in [-0.25, -0.2) is 9.78 Å². The van der Waals surface area contributed by atoms with Crippen LogP contribution in [0.2, 0.25) is 10.2 Å². The van der Waals surface area contributed by atoms with E-state index in [1.165, 1.54) is 12.3 Å². The fourth-order valence-corrected chi connectivity index (χ4v) is 1.68. The van der Waals surface area contributed by atoms with Crippen molar-refractivity contribution in [2.45, 2.75) is 26.8 Å². The molecule has 104 valence electrons. The van der Waals surface area contributed by atoms with Crippen LogP contribution in [0.5, 0.6) is 0 Å². The van der Waals surface area contributed by atoms with Gasteiger partial charge in [-0.05, 0) is 11.5 Å². The lowest BCUT2D eigenvalue weighted by molar-refractivity contribution is -0.142. The molecular weight excluding hydrogens is 291 g/mol. The molecule has 1 aromatic heterocycles. The summed E-state index contributed by atoms with van der Waals surface area (Å²) in [5.74, 6) is -1.66. The van der Waals surface area contributed by atoms with Crippen molar-refractivity contribution in [3.63, 3.8) is 0 Å². The van der Waals surface area contributed by atoms with Crippen LogP contribution in [-0.4, -0.2) is 28.0 Å². The van der Waals surface area contributed by atoms with Crippen LogP contribution in [0.1, 0.15) is 31.1 Å². The van der Waals surface area contributed by atoms with E-state index in [-0.39, 0.29) is 15.7 Å². The van der Waals surface area contributed by atoms with E-state index >= 15 is 0 Å². The molecule has 2 N–H and O–H groups in total. The number of amides is 1. The van der Waals surface area contributed by atoms with Gasteiger partial charge in [-0.15, -0.1) is 0 Å². The van der Waals surface area contributed by atoms with Crippen molar-refractivity contribution in [3.8, 4) is 0 Å². The first-order valence-corrected chi connectivity index (χ1v) is 6.23. The lowest BCUT2D eigenvalue weighted by Crippen LogP contribution is -2.49. The molecule has 0 saturated carbocycles. The van der Waals surface area contributed by atoms with Gasteiger partial charge in [0, 0.05) is 6.20 Å². The zero-order chi connectivity index (χ0) is 14.8. The van der Waals surface area contributed by atoms with Gasteiger partial charge >= 0.3 is 5.97 Å². The van der Waals surface area contributed by atoms with Crippen LogP contribution >= 0.6 is 23.2 Å². The third-order valence-electron chi connectivity index (χ3n) is 2.45. The number of halogens is 2. The summed E-state index contributed by atoms with van der Waals surface area (Å²) in [6.07, 6.45) is 1.24. The normalized spacial score (nSPS) is 12.9. The predicted octanol–water partition coefficient (Wildman–Crippen LogP) is 2.62. The molecule has 1 unspecified atom stereocenters. The van der Waals surface area contributed by atoms with Crippen LogP contribution in [-0.2, 0) is 4.79 Å². The second-order valence-corrected chi connectivity index (χ2v) is 5.87. The van der Waals surface area contributed by atoms with Gasteiger partial charge in [-0.3, -0.25) is 4.79 Å².